The Kier molecular flexibility index (Phi) is 4.21. The summed E-state index contributed by atoms with van der Waals surface area (Å²) in [4.78, 5) is 0. The quantitative estimate of drug-likeness (QED) is 0.693. The Morgan fingerprint density at radius 2 is 1.96 bits per heavy atom. The van der Waals surface area contributed by atoms with Gasteiger partial charge in [-0.05, 0) is 74.0 Å². The number of hydrogen-bond acceptors (Lipinski definition) is 3. The lowest BCUT2D eigenvalue weighted by molar-refractivity contribution is -0.194. The molecular formula is C24H36O3. The van der Waals surface area contributed by atoms with Gasteiger partial charge in [0.1, 0.15) is 0 Å². The van der Waals surface area contributed by atoms with E-state index in [9.17, 15) is 5.11 Å². The van der Waals surface area contributed by atoms with Gasteiger partial charge in [-0.3, -0.25) is 0 Å². The highest BCUT2D eigenvalue weighted by molar-refractivity contribution is 5.29. The predicted molar refractivity (Wildman–Crippen MR) is 106 cm³/mol. The van der Waals surface area contributed by atoms with Gasteiger partial charge >= 0.3 is 0 Å². The van der Waals surface area contributed by atoms with E-state index in [0.29, 0.717) is 23.7 Å². The van der Waals surface area contributed by atoms with E-state index >= 15 is 0 Å². The summed E-state index contributed by atoms with van der Waals surface area (Å²) in [5, 5.41) is 12.0. The molecule has 1 spiro atoms. The third-order valence-corrected chi connectivity index (χ3v) is 9.32. The topological polar surface area (TPSA) is 38.7 Å². The van der Waals surface area contributed by atoms with Crippen LogP contribution in [0.3, 0.4) is 0 Å². The first kappa shape index (κ1) is 18.4. The molecule has 3 heteroatoms. The number of hydrogen-bond donors (Lipinski definition) is 1. The lowest BCUT2D eigenvalue weighted by Gasteiger charge is -2.60. The van der Waals surface area contributed by atoms with Gasteiger partial charge in [-0.25, -0.2) is 0 Å². The molecule has 6 atom stereocenters. The molecule has 1 aliphatic heterocycles. The Hall–Kier alpha value is -0.640. The maximum Gasteiger partial charge on any atom is 0.172 e. The zero-order valence-corrected chi connectivity index (χ0v) is 17.1. The molecule has 5 rings (SSSR count). The summed E-state index contributed by atoms with van der Waals surface area (Å²) in [7, 11) is 0. The van der Waals surface area contributed by atoms with Crippen LogP contribution >= 0.6 is 0 Å². The van der Waals surface area contributed by atoms with E-state index in [2.05, 4.69) is 26.5 Å². The molecule has 0 radical (unpaired) electrons. The molecule has 4 aliphatic carbocycles. The van der Waals surface area contributed by atoms with E-state index in [1.165, 1.54) is 17.6 Å². The van der Waals surface area contributed by atoms with Crippen molar-refractivity contribution in [2.45, 2.75) is 83.0 Å². The average molecular weight is 373 g/mol. The molecule has 27 heavy (non-hydrogen) atoms. The van der Waals surface area contributed by atoms with Crippen LogP contribution in [0.1, 0.15) is 71.6 Å². The van der Waals surface area contributed by atoms with Crippen LogP contribution in [0, 0.1) is 29.1 Å². The number of allylic oxidation sites excluding steroid dienone is 2. The summed E-state index contributed by atoms with van der Waals surface area (Å²) in [6, 6.07) is 0. The lowest BCUT2D eigenvalue weighted by Crippen LogP contribution is -2.59. The Labute approximate surface area is 164 Å². The summed E-state index contributed by atoms with van der Waals surface area (Å²) in [6.07, 6.45) is 12.0. The molecule has 5 unspecified atom stereocenters. The highest BCUT2D eigenvalue weighted by Crippen LogP contribution is 2.67. The fourth-order valence-corrected chi connectivity index (χ4v) is 8.05. The summed E-state index contributed by atoms with van der Waals surface area (Å²) in [5.74, 6) is 1.87. The summed E-state index contributed by atoms with van der Waals surface area (Å²) in [6.45, 7) is 10.5. The predicted octanol–water partition coefficient (Wildman–Crippen LogP) is 5.00. The standard InChI is InChI=1S/C24H36O3/c1-4-22-15-23(25,5-2)21-18-10-11-24(26-12-13-27-24)14-17(18)7-8-19(21)20(22)9-6-16(22)3/h7,18-21,25H,3-6,8-15H2,1-2H3/t18?,19?,20?,21?,22-,23?/m1/s1. The van der Waals surface area contributed by atoms with Crippen LogP contribution in [0.25, 0.3) is 0 Å². The van der Waals surface area contributed by atoms with Crippen molar-refractivity contribution < 1.29 is 14.6 Å². The van der Waals surface area contributed by atoms with Crippen molar-refractivity contribution in [2.75, 3.05) is 13.2 Å². The minimum absolute atomic E-state index is 0.171. The molecule has 0 aromatic heterocycles. The minimum atomic E-state index is -0.559. The van der Waals surface area contributed by atoms with Gasteiger partial charge in [0.2, 0.25) is 0 Å². The van der Waals surface area contributed by atoms with E-state index in [0.717, 1.165) is 64.6 Å². The van der Waals surface area contributed by atoms with Crippen molar-refractivity contribution in [3.05, 3.63) is 23.8 Å². The highest BCUT2D eigenvalue weighted by Gasteiger charge is 2.63. The maximum atomic E-state index is 12.0. The molecule has 0 aromatic carbocycles. The highest BCUT2D eigenvalue weighted by atomic mass is 16.7. The van der Waals surface area contributed by atoms with Gasteiger partial charge in [-0.1, -0.05) is 37.6 Å². The van der Waals surface area contributed by atoms with E-state index in [1.54, 1.807) is 0 Å². The molecule has 1 heterocycles. The third kappa shape index (κ3) is 2.44. The zero-order chi connectivity index (χ0) is 18.9. The smallest absolute Gasteiger partial charge is 0.172 e. The Balaban J connectivity index is 1.52. The average Bonchev–Trinajstić information content (AvgIpc) is 3.26. The number of fused-ring (bicyclic) bond motifs is 5. The fourth-order valence-electron chi connectivity index (χ4n) is 8.05. The Bertz CT molecular complexity index is 661. The molecule has 4 fully saturated rings. The van der Waals surface area contributed by atoms with Crippen LogP contribution < -0.4 is 0 Å². The monoisotopic (exact) mass is 372 g/mol. The van der Waals surface area contributed by atoms with E-state index in [-0.39, 0.29) is 11.2 Å². The molecule has 1 N–H and O–H groups in total. The first-order valence-electron chi connectivity index (χ1n) is 11.3. The van der Waals surface area contributed by atoms with Crippen molar-refractivity contribution in [3.8, 4) is 0 Å². The van der Waals surface area contributed by atoms with Crippen LogP contribution in [0.2, 0.25) is 0 Å². The van der Waals surface area contributed by atoms with Crippen molar-refractivity contribution in [1.82, 2.24) is 0 Å². The van der Waals surface area contributed by atoms with Crippen molar-refractivity contribution in [2.24, 2.45) is 29.1 Å². The van der Waals surface area contributed by atoms with Gasteiger partial charge < -0.3 is 14.6 Å². The van der Waals surface area contributed by atoms with Crippen LogP contribution in [-0.2, 0) is 9.47 Å². The number of rotatable bonds is 2. The van der Waals surface area contributed by atoms with Gasteiger partial charge in [0.25, 0.3) is 0 Å². The van der Waals surface area contributed by atoms with Crippen molar-refractivity contribution in [3.63, 3.8) is 0 Å². The second kappa shape index (κ2) is 6.18. The molecule has 0 amide bonds. The summed E-state index contributed by atoms with van der Waals surface area (Å²) >= 11 is 0. The SMILES string of the molecule is C=C1CCC2C3CC=C4CC5(CCC4C3C(O)(CC)C[C@]12CC)OCCO5. The first-order valence-corrected chi connectivity index (χ1v) is 11.3. The van der Waals surface area contributed by atoms with Crippen molar-refractivity contribution in [1.29, 1.82) is 0 Å². The summed E-state index contributed by atoms with van der Waals surface area (Å²) < 4.78 is 12.0. The normalized spacial score (nSPS) is 48.1. The minimum Gasteiger partial charge on any atom is -0.390 e. The van der Waals surface area contributed by atoms with E-state index in [1.807, 2.05) is 0 Å². The maximum absolute atomic E-state index is 12.0. The molecule has 0 bridgehead atoms. The van der Waals surface area contributed by atoms with Crippen LogP contribution in [-0.4, -0.2) is 29.7 Å². The van der Waals surface area contributed by atoms with Crippen molar-refractivity contribution >= 4 is 0 Å². The van der Waals surface area contributed by atoms with Crippen LogP contribution in [0.4, 0.5) is 0 Å². The van der Waals surface area contributed by atoms with Gasteiger partial charge in [0.05, 0.1) is 18.8 Å². The molecular weight excluding hydrogens is 336 g/mol. The zero-order valence-electron chi connectivity index (χ0n) is 17.1. The molecule has 3 nitrogen and oxygen atoms in total. The van der Waals surface area contributed by atoms with Gasteiger partial charge in [-0.2, -0.15) is 0 Å². The van der Waals surface area contributed by atoms with Crippen LogP contribution in [0.5, 0.6) is 0 Å². The third-order valence-electron chi connectivity index (χ3n) is 9.32. The number of aliphatic hydroxyl groups is 1. The second-order valence-corrected chi connectivity index (χ2v) is 10.0. The largest absolute Gasteiger partial charge is 0.390 e. The summed E-state index contributed by atoms with van der Waals surface area (Å²) in [5.41, 5.74) is 2.55. The molecule has 150 valence electrons. The van der Waals surface area contributed by atoms with Crippen LogP contribution in [0.15, 0.2) is 23.8 Å². The fraction of sp³-hybridized carbons (Fsp3) is 0.833. The van der Waals surface area contributed by atoms with Gasteiger partial charge in [-0.15, -0.1) is 0 Å². The molecule has 0 aromatic rings. The van der Waals surface area contributed by atoms with Gasteiger partial charge in [0.15, 0.2) is 5.79 Å². The van der Waals surface area contributed by atoms with E-state index in [4.69, 9.17) is 9.47 Å². The first-order chi connectivity index (χ1) is 13.0. The molecule has 1 saturated heterocycles. The Morgan fingerprint density at radius 3 is 2.67 bits per heavy atom. The lowest BCUT2D eigenvalue weighted by atomic mass is 9.46. The van der Waals surface area contributed by atoms with E-state index < -0.39 is 5.60 Å². The second-order valence-electron chi connectivity index (χ2n) is 10.0. The molecule has 3 saturated carbocycles. The molecule has 5 aliphatic rings. The number of ether oxygens (including phenoxy) is 2. The van der Waals surface area contributed by atoms with Gasteiger partial charge in [0, 0.05) is 12.8 Å². The Morgan fingerprint density at radius 1 is 1.19 bits per heavy atom.